The molecular formula is C19H18N2O4. The van der Waals surface area contributed by atoms with Gasteiger partial charge in [-0.15, -0.1) is 0 Å². The van der Waals surface area contributed by atoms with Crippen LogP contribution in [0.2, 0.25) is 0 Å². The highest BCUT2D eigenvalue weighted by Crippen LogP contribution is 2.30. The number of nitrogens with one attached hydrogen (secondary N) is 1. The number of hydrogen-bond acceptors (Lipinski definition) is 5. The second kappa shape index (κ2) is 7.09. The number of methoxy groups -OCH3 is 2. The van der Waals surface area contributed by atoms with E-state index in [4.69, 9.17) is 14.0 Å². The number of ether oxygens (including phenoxy) is 2. The Labute approximate surface area is 145 Å². The van der Waals surface area contributed by atoms with Crippen molar-refractivity contribution in [3.8, 4) is 22.8 Å². The number of anilines is 1. The smallest absolute Gasteiger partial charge is 0.265 e. The SMILES string of the molecule is COc1cccc(OC)c1C(=O)Nc1cc(-c2ccccc2C)no1. The third kappa shape index (κ3) is 3.33. The van der Waals surface area contributed by atoms with Gasteiger partial charge in [0.1, 0.15) is 22.8 Å². The summed E-state index contributed by atoms with van der Waals surface area (Å²) in [4.78, 5) is 12.6. The third-order valence-electron chi connectivity index (χ3n) is 3.82. The van der Waals surface area contributed by atoms with Gasteiger partial charge in [-0.05, 0) is 24.6 Å². The van der Waals surface area contributed by atoms with Crippen molar-refractivity contribution in [3.63, 3.8) is 0 Å². The Morgan fingerprint density at radius 2 is 1.72 bits per heavy atom. The van der Waals surface area contributed by atoms with E-state index in [1.165, 1.54) is 14.2 Å². The Morgan fingerprint density at radius 1 is 1.04 bits per heavy atom. The summed E-state index contributed by atoms with van der Waals surface area (Å²) in [6, 6.07) is 14.6. The van der Waals surface area contributed by atoms with E-state index in [1.54, 1.807) is 24.3 Å². The summed E-state index contributed by atoms with van der Waals surface area (Å²) in [5, 5.41) is 6.72. The fraction of sp³-hybridized carbons (Fsp3) is 0.158. The molecule has 2 aromatic carbocycles. The normalized spacial score (nSPS) is 10.4. The number of rotatable bonds is 5. The molecule has 6 nitrogen and oxygen atoms in total. The van der Waals surface area contributed by atoms with E-state index >= 15 is 0 Å². The first-order valence-corrected chi connectivity index (χ1v) is 7.69. The van der Waals surface area contributed by atoms with Crippen molar-refractivity contribution in [3.05, 3.63) is 59.7 Å². The van der Waals surface area contributed by atoms with Crippen LogP contribution < -0.4 is 14.8 Å². The molecular weight excluding hydrogens is 320 g/mol. The summed E-state index contributed by atoms with van der Waals surface area (Å²) >= 11 is 0. The van der Waals surface area contributed by atoms with Gasteiger partial charge in [0.05, 0.1) is 14.2 Å². The quantitative estimate of drug-likeness (QED) is 0.763. The number of aromatic nitrogens is 1. The molecule has 0 bridgehead atoms. The average molecular weight is 338 g/mol. The Kier molecular flexibility index (Phi) is 4.70. The number of carbonyl (C=O) groups excluding carboxylic acids is 1. The maximum atomic E-state index is 12.6. The molecule has 1 heterocycles. The third-order valence-corrected chi connectivity index (χ3v) is 3.82. The van der Waals surface area contributed by atoms with Crippen LogP contribution in [0.1, 0.15) is 15.9 Å². The van der Waals surface area contributed by atoms with Crippen LogP contribution in [0.3, 0.4) is 0 Å². The Morgan fingerprint density at radius 3 is 2.36 bits per heavy atom. The van der Waals surface area contributed by atoms with E-state index in [0.29, 0.717) is 22.8 Å². The van der Waals surface area contributed by atoms with Gasteiger partial charge >= 0.3 is 0 Å². The van der Waals surface area contributed by atoms with Gasteiger partial charge in [-0.25, -0.2) is 0 Å². The lowest BCUT2D eigenvalue weighted by Crippen LogP contribution is -2.14. The van der Waals surface area contributed by atoms with Crippen LogP contribution in [0.15, 0.2) is 53.1 Å². The Balaban J connectivity index is 1.87. The Bertz CT molecular complexity index is 880. The molecule has 128 valence electrons. The van der Waals surface area contributed by atoms with Crippen LogP contribution in [0.5, 0.6) is 11.5 Å². The minimum Gasteiger partial charge on any atom is -0.496 e. The van der Waals surface area contributed by atoms with Gasteiger partial charge in [0.25, 0.3) is 5.91 Å². The van der Waals surface area contributed by atoms with Gasteiger partial charge in [-0.1, -0.05) is 35.5 Å². The van der Waals surface area contributed by atoms with Crippen molar-refractivity contribution < 1.29 is 18.8 Å². The molecule has 0 saturated heterocycles. The van der Waals surface area contributed by atoms with Gasteiger partial charge in [-0.3, -0.25) is 10.1 Å². The largest absolute Gasteiger partial charge is 0.496 e. The zero-order valence-corrected chi connectivity index (χ0v) is 14.2. The molecule has 25 heavy (non-hydrogen) atoms. The van der Waals surface area contributed by atoms with Crippen LogP contribution in [-0.4, -0.2) is 25.3 Å². The minimum atomic E-state index is -0.401. The molecule has 0 aliphatic carbocycles. The lowest BCUT2D eigenvalue weighted by Gasteiger charge is -2.11. The van der Waals surface area contributed by atoms with E-state index < -0.39 is 5.91 Å². The summed E-state index contributed by atoms with van der Waals surface area (Å²) in [7, 11) is 2.99. The molecule has 1 amide bonds. The maximum Gasteiger partial charge on any atom is 0.265 e. The topological polar surface area (TPSA) is 73.6 Å². The molecule has 0 unspecified atom stereocenters. The number of amides is 1. The van der Waals surface area contributed by atoms with Gasteiger partial charge in [-0.2, -0.15) is 0 Å². The fourth-order valence-corrected chi connectivity index (χ4v) is 2.57. The maximum absolute atomic E-state index is 12.6. The van der Waals surface area contributed by atoms with Crippen LogP contribution in [0.25, 0.3) is 11.3 Å². The predicted octanol–water partition coefficient (Wildman–Crippen LogP) is 3.92. The van der Waals surface area contributed by atoms with E-state index in [9.17, 15) is 4.79 Å². The molecule has 3 rings (SSSR count). The number of benzene rings is 2. The minimum absolute atomic E-state index is 0.246. The molecule has 0 aliphatic heterocycles. The van der Waals surface area contributed by atoms with Crippen LogP contribution in [0.4, 0.5) is 5.88 Å². The van der Waals surface area contributed by atoms with E-state index in [1.807, 2.05) is 31.2 Å². The van der Waals surface area contributed by atoms with Crippen molar-refractivity contribution in [2.45, 2.75) is 6.92 Å². The first-order chi connectivity index (χ1) is 12.1. The number of nitrogens with zero attached hydrogens (tertiary/aromatic N) is 1. The number of aryl methyl sites for hydroxylation is 1. The monoisotopic (exact) mass is 338 g/mol. The second-order valence-corrected chi connectivity index (χ2v) is 5.38. The zero-order chi connectivity index (χ0) is 17.8. The second-order valence-electron chi connectivity index (χ2n) is 5.38. The molecule has 6 heteroatoms. The van der Waals surface area contributed by atoms with Gasteiger partial charge in [0.2, 0.25) is 5.88 Å². The molecule has 0 atom stereocenters. The van der Waals surface area contributed by atoms with Crippen molar-refractivity contribution in [2.75, 3.05) is 19.5 Å². The van der Waals surface area contributed by atoms with E-state index in [-0.39, 0.29) is 5.88 Å². The number of carbonyl (C=O) groups is 1. The highest BCUT2D eigenvalue weighted by molar-refractivity contribution is 6.07. The van der Waals surface area contributed by atoms with E-state index in [0.717, 1.165) is 11.1 Å². The molecule has 3 aromatic rings. The van der Waals surface area contributed by atoms with Crippen molar-refractivity contribution in [1.29, 1.82) is 0 Å². The summed E-state index contributed by atoms with van der Waals surface area (Å²) in [6.07, 6.45) is 0. The molecule has 1 N–H and O–H groups in total. The highest BCUT2D eigenvalue weighted by atomic mass is 16.5. The summed E-state index contributed by atoms with van der Waals surface area (Å²) in [5.74, 6) is 0.670. The van der Waals surface area contributed by atoms with Gasteiger partial charge in [0, 0.05) is 11.6 Å². The van der Waals surface area contributed by atoms with Crippen molar-refractivity contribution in [1.82, 2.24) is 5.16 Å². The van der Waals surface area contributed by atoms with Crippen LogP contribution in [0, 0.1) is 6.92 Å². The first kappa shape index (κ1) is 16.6. The van der Waals surface area contributed by atoms with Crippen LogP contribution in [-0.2, 0) is 0 Å². The van der Waals surface area contributed by atoms with Crippen molar-refractivity contribution >= 4 is 11.8 Å². The lowest BCUT2D eigenvalue weighted by molar-refractivity contribution is 0.101. The summed E-state index contributed by atoms with van der Waals surface area (Å²) in [5.41, 5.74) is 2.96. The summed E-state index contributed by atoms with van der Waals surface area (Å²) < 4.78 is 15.7. The molecule has 1 aromatic heterocycles. The standard InChI is InChI=1S/C19H18N2O4/c1-12-7-4-5-8-13(12)14-11-17(25-21-14)20-19(22)18-15(23-2)9-6-10-16(18)24-3/h4-11H,1-3H3,(H,20,22). The zero-order valence-electron chi connectivity index (χ0n) is 14.2. The predicted molar refractivity (Wildman–Crippen MR) is 94.2 cm³/mol. The lowest BCUT2D eigenvalue weighted by atomic mass is 10.1. The molecule has 0 spiro atoms. The molecule has 0 aliphatic rings. The molecule has 0 saturated carbocycles. The first-order valence-electron chi connectivity index (χ1n) is 7.69. The molecule has 0 fully saturated rings. The Hall–Kier alpha value is -3.28. The van der Waals surface area contributed by atoms with Crippen LogP contribution >= 0.6 is 0 Å². The average Bonchev–Trinajstić information content (AvgIpc) is 3.09. The van der Waals surface area contributed by atoms with Gasteiger partial charge < -0.3 is 14.0 Å². The fourth-order valence-electron chi connectivity index (χ4n) is 2.57. The molecule has 0 radical (unpaired) electrons. The number of hydrogen-bond donors (Lipinski definition) is 1. The van der Waals surface area contributed by atoms with Crippen molar-refractivity contribution in [2.24, 2.45) is 0 Å². The van der Waals surface area contributed by atoms with Gasteiger partial charge in [0.15, 0.2) is 0 Å². The van der Waals surface area contributed by atoms with E-state index in [2.05, 4.69) is 10.5 Å². The summed E-state index contributed by atoms with van der Waals surface area (Å²) in [6.45, 7) is 1.99. The highest BCUT2D eigenvalue weighted by Gasteiger charge is 2.20.